The Labute approximate surface area is 119 Å². The predicted octanol–water partition coefficient (Wildman–Crippen LogP) is 4.55. The fraction of sp³-hybridized carbons (Fsp3) is 0.385. The number of fused-ring (bicyclic) bond motifs is 1. The van der Waals surface area contributed by atoms with Crippen molar-refractivity contribution >= 4 is 50.7 Å². The van der Waals surface area contributed by atoms with Crippen LogP contribution in [0.5, 0.6) is 0 Å². The zero-order chi connectivity index (χ0) is 12.5. The Morgan fingerprint density at radius 1 is 1.39 bits per heavy atom. The molecule has 1 saturated carbocycles. The Kier molecular flexibility index (Phi) is 3.59. The van der Waals surface area contributed by atoms with Gasteiger partial charge in [0.2, 0.25) is 0 Å². The van der Waals surface area contributed by atoms with E-state index in [-0.39, 0.29) is 5.25 Å². The number of Topliss-reactive ketones (excluding diaryl/α,β-unsaturated/α-hetero) is 1. The van der Waals surface area contributed by atoms with Gasteiger partial charge in [0.05, 0.1) is 15.5 Å². The summed E-state index contributed by atoms with van der Waals surface area (Å²) in [5.41, 5.74) is 0.929. The van der Waals surface area contributed by atoms with Crippen molar-refractivity contribution in [3.8, 4) is 0 Å². The molecule has 1 atom stereocenters. The fourth-order valence-electron chi connectivity index (χ4n) is 2.13. The van der Waals surface area contributed by atoms with Gasteiger partial charge in [0.25, 0.3) is 0 Å². The lowest BCUT2D eigenvalue weighted by Gasteiger charge is -2.18. The fourth-order valence-corrected chi connectivity index (χ4v) is 4.71. The zero-order valence-electron chi connectivity index (χ0n) is 9.69. The molecule has 3 rings (SSSR count). The molecular formula is C13H12ClNOS2. The van der Waals surface area contributed by atoms with Gasteiger partial charge in [-0.1, -0.05) is 29.8 Å². The first-order valence-electron chi connectivity index (χ1n) is 5.98. The second kappa shape index (κ2) is 5.19. The molecule has 1 aromatic heterocycles. The van der Waals surface area contributed by atoms with Crippen molar-refractivity contribution in [1.82, 2.24) is 4.98 Å². The Hall–Kier alpha value is -0.580. The molecule has 1 aromatic carbocycles. The van der Waals surface area contributed by atoms with Gasteiger partial charge in [-0.2, -0.15) is 0 Å². The van der Waals surface area contributed by atoms with Crippen LogP contribution in [-0.2, 0) is 4.79 Å². The number of thiazole rings is 1. The van der Waals surface area contributed by atoms with E-state index >= 15 is 0 Å². The Bertz CT molecular complexity index is 596. The molecule has 1 aliphatic rings. The first-order chi connectivity index (χ1) is 8.72. The van der Waals surface area contributed by atoms with Crippen molar-refractivity contribution in [2.75, 3.05) is 0 Å². The maximum Gasteiger partial charge on any atom is 0.151 e. The third-order valence-electron chi connectivity index (χ3n) is 3.07. The van der Waals surface area contributed by atoms with Crippen molar-refractivity contribution in [2.45, 2.75) is 35.3 Å². The van der Waals surface area contributed by atoms with Crippen LogP contribution in [0.4, 0.5) is 0 Å². The van der Waals surface area contributed by atoms with Crippen molar-refractivity contribution in [2.24, 2.45) is 0 Å². The molecule has 94 valence electrons. The summed E-state index contributed by atoms with van der Waals surface area (Å²) in [5.74, 6) is 0.378. The Morgan fingerprint density at radius 2 is 2.28 bits per heavy atom. The van der Waals surface area contributed by atoms with Crippen LogP contribution in [-0.4, -0.2) is 16.0 Å². The van der Waals surface area contributed by atoms with Gasteiger partial charge in [0.15, 0.2) is 4.34 Å². The molecule has 1 heterocycles. The average molecular weight is 298 g/mol. The minimum absolute atomic E-state index is 0.106. The van der Waals surface area contributed by atoms with Gasteiger partial charge >= 0.3 is 0 Å². The number of rotatable bonds is 2. The number of halogens is 1. The van der Waals surface area contributed by atoms with Crippen molar-refractivity contribution in [3.05, 3.63) is 23.2 Å². The van der Waals surface area contributed by atoms with E-state index in [1.165, 1.54) is 0 Å². The summed E-state index contributed by atoms with van der Waals surface area (Å²) in [7, 11) is 0. The lowest BCUT2D eigenvalue weighted by molar-refractivity contribution is -0.119. The molecule has 0 bridgehead atoms. The van der Waals surface area contributed by atoms with E-state index in [9.17, 15) is 4.79 Å². The number of benzene rings is 1. The minimum atomic E-state index is 0.106. The third kappa shape index (κ3) is 2.56. The SMILES string of the molecule is O=C1CCCCC1Sc1nc2cc(Cl)ccc2s1. The summed E-state index contributed by atoms with van der Waals surface area (Å²) < 4.78 is 2.11. The van der Waals surface area contributed by atoms with Gasteiger partial charge in [-0.3, -0.25) is 4.79 Å². The van der Waals surface area contributed by atoms with E-state index in [1.54, 1.807) is 23.1 Å². The molecular weight excluding hydrogens is 286 g/mol. The van der Waals surface area contributed by atoms with Crippen LogP contribution < -0.4 is 0 Å². The minimum Gasteiger partial charge on any atom is -0.298 e. The van der Waals surface area contributed by atoms with Crippen LogP contribution >= 0.6 is 34.7 Å². The number of aromatic nitrogens is 1. The van der Waals surface area contributed by atoms with E-state index in [4.69, 9.17) is 11.6 Å². The molecule has 2 nitrogen and oxygen atoms in total. The van der Waals surface area contributed by atoms with E-state index < -0.39 is 0 Å². The molecule has 1 unspecified atom stereocenters. The summed E-state index contributed by atoms with van der Waals surface area (Å²) >= 11 is 9.21. The molecule has 0 aliphatic heterocycles. The molecule has 0 radical (unpaired) electrons. The maximum absolute atomic E-state index is 11.8. The van der Waals surface area contributed by atoms with Crippen molar-refractivity contribution < 1.29 is 4.79 Å². The van der Waals surface area contributed by atoms with Crippen LogP contribution in [0.1, 0.15) is 25.7 Å². The number of carbonyl (C=O) groups excluding carboxylic acids is 1. The quantitative estimate of drug-likeness (QED) is 0.814. The smallest absolute Gasteiger partial charge is 0.151 e. The summed E-state index contributed by atoms with van der Waals surface area (Å²) in [4.78, 5) is 16.3. The number of hydrogen-bond acceptors (Lipinski definition) is 4. The molecule has 0 spiro atoms. The average Bonchev–Trinajstić information content (AvgIpc) is 2.73. The molecule has 0 saturated heterocycles. The first kappa shape index (κ1) is 12.5. The van der Waals surface area contributed by atoms with Crippen molar-refractivity contribution in [1.29, 1.82) is 0 Å². The summed E-state index contributed by atoms with van der Waals surface area (Å²) in [6.07, 6.45) is 3.92. The number of carbonyl (C=O) groups is 1. The second-order valence-corrected chi connectivity index (χ2v) is 7.33. The lowest BCUT2D eigenvalue weighted by atomic mass is 9.99. The highest BCUT2D eigenvalue weighted by Gasteiger charge is 2.24. The highest BCUT2D eigenvalue weighted by atomic mass is 35.5. The summed E-state index contributed by atoms with van der Waals surface area (Å²) in [5, 5.41) is 0.813. The molecule has 1 fully saturated rings. The van der Waals surface area contributed by atoms with E-state index in [2.05, 4.69) is 4.98 Å². The van der Waals surface area contributed by atoms with Crippen LogP contribution in [0.15, 0.2) is 22.5 Å². The van der Waals surface area contributed by atoms with Crippen LogP contribution in [0, 0.1) is 0 Å². The largest absolute Gasteiger partial charge is 0.298 e. The van der Waals surface area contributed by atoms with Gasteiger partial charge in [-0.25, -0.2) is 4.98 Å². The zero-order valence-corrected chi connectivity index (χ0v) is 12.1. The molecule has 2 aromatic rings. The van der Waals surface area contributed by atoms with Gasteiger partial charge in [-0.05, 0) is 31.0 Å². The third-order valence-corrected chi connectivity index (χ3v) is 5.75. The number of thioether (sulfide) groups is 1. The highest BCUT2D eigenvalue weighted by Crippen LogP contribution is 2.36. The molecule has 18 heavy (non-hydrogen) atoms. The summed E-state index contributed by atoms with van der Waals surface area (Å²) in [6, 6.07) is 5.74. The molecule has 0 N–H and O–H groups in total. The first-order valence-corrected chi connectivity index (χ1v) is 8.05. The van der Waals surface area contributed by atoms with E-state index in [1.807, 2.05) is 18.2 Å². The highest BCUT2D eigenvalue weighted by molar-refractivity contribution is 8.02. The number of ketones is 1. The Balaban J connectivity index is 1.84. The normalized spacial score (nSPS) is 20.5. The van der Waals surface area contributed by atoms with Crippen LogP contribution in [0.3, 0.4) is 0 Å². The maximum atomic E-state index is 11.8. The standard InChI is InChI=1S/C13H12ClNOS2/c14-8-5-6-11-9(7-8)15-13(17-11)18-12-4-2-1-3-10(12)16/h5-7,12H,1-4H2. The number of nitrogens with zero attached hydrogens (tertiary/aromatic N) is 1. The van der Waals surface area contributed by atoms with Gasteiger partial charge in [0, 0.05) is 11.4 Å². The number of hydrogen-bond donors (Lipinski definition) is 0. The topological polar surface area (TPSA) is 30.0 Å². The monoisotopic (exact) mass is 297 g/mol. The molecule has 0 amide bonds. The Morgan fingerprint density at radius 3 is 3.11 bits per heavy atom. The molecule has 1 aliphatic carbocycles. The van der Waals surface area contributed by atoms with Crippen LogP contribution in [0.2, 0.25) is 5.02 Å². The summed E-state index contributed by atoms with van der Waals surface area (Å²) in [6.45, 7) is 0. The van der Waals surface area contributed by atoms with Crippen molar-refractivity contribution in [3.63, 3.8) is 0 Å². The molecule has 5 heteroatoms. The van der Waals surface area contributed by atoms with E-state index in [0.717, 1.165) is 40.2 Å². The van der Waals surface area contributed by atoms with Gasteiger partial charge in [-0.15, -0.1) is 11.3 Å². The predicted molar refractivity (Wildman–Crippen MR) is 77.8 cm³/mol. The second-order valence-electron chi connectivity index (χ2n) is 4.41. The van der Waals surface area contributed by atoms with Crippen LogP contribution in [0.25, 0.3) is 10.2 Å². The van der Waals surface area contributed by atoms with Gasteiger partial charge in [0.1, 0.15) is 5.78 Å². The lowest BCUT2D eigenvalue weighted by Crippen LogP contribution is -2.20. The van der Waals surface area contributed by atoms with Gasteiger partial charge < -0.3 is 0 Å². The van der Waals surface area contributed by atoms with E-state index in [0.29, 0.717) is 10.8 Å².